The Hall–Kier alpha value is -0.700. The predicted molar refractivity (Wildman–Crippen MR) is 84.6 cm³/mol. The zero-order valence-corrected chi connectivity index (χ0v) is 12.4. The van der Waals surface area contributed by atoms with Gasteiger partial charge in [-0.15, -0.1) is 0 Å². The Morgan fingerprint density at radius 3 is 1.41 bits per heavy atom. The Bertz CT molecular complexity index is 370. The lowest BCUT2D eigenvalue weighted by Gasteiger charge is -1.95. The second-order valence-corrected chi connectivity index (χ2v) is 8.05. The van der Waals surface area contributed by atoms with Gasteiger partial charge in [-0.1, -0.05) is 60.7 Å². The molecule has 0 N–H and O–H groups in total. The number of rotatable bonds is 6. The molecule has 0 aliphatic carbocycles. The van der Waals surface area contributed by atoms with Crippen molar-refractivity contribution in [2.24, 2.45) is 0 Å². The molecule has 0 aliphatic rings. The van der Waals surface area contributed by atoms with Gasteiger partial charge in [-0.3, -0.25) is 0 Å². The van der Waals surface area contributed by atoms with Gasteiger partial charge in [0.25, 0.3) is 0 Å². The summed E-state index contributed by atoms with van der Waals surface area (Å²) in [6.45, 7) is 0. The first-order valence-corrected chi connectivity index (χ1v) is 9.43. The molecule has 2 unspecified atom stereocenters. The van der Waals surface area contributed by atoms with E-state index in [4.69, 9.17) is 0 Å². The lowest BCUT2D eigenvalue weighted by molar-refractivity contribution is 1.40. The van der Waals surface area contributed by atoms with Crippen LogP contribution in [0, 0.1) is 0 Å². The highest BCUT2D eigenvalue weighted by Gasteiger charge is 2.02. The number of hydrogen-bond donors (Lipinski definition) is 0. The fraction of sp³-hybridized carbons (Fsp3) is 0.200. The van der Waals surface area contributed by atoms with E-state index >= 15 is 0 Å². The molecule has 0 saturated heterocycles. The summed E-state index contributed by atoms with van der Waals surface area (Å²) in [5.41, 5.74) is 3.03. The molecule has 0 spiro atoms. The van der Waals surface area contributed by atoms with E-state index in [-0.39, 0.29) is 0 Å². The van der Waals surface area contributed by atoms with Crippen LogP contribution in [0.5, 0.6) is 0 Å². The summed E-state index contributed by atoms with van der Waals surface area (Å²) in [4.78, 5) is 0. The van der Waals surface area contributed by atoms with Crippen LogP contribution in [-0.2, 0) is 12.3 Å². The third-order valence-corrected chi connectivity index (χ3v) is 6.97. The van der Waals surface area contributed by atoms with Crippen LogP contribution in [0.15, 0.2) is 60.7 Å². The van der Waals surface area contributed by atoms with Gasteiger partial charge < -0.3 is 0 Å². The molecule has 2 heteroatoms. The molecule has 0 aromatic heterocycles. The molecule has 2 atom stereocenters. The quantitative estimate of drug-likeness (QED) is 0.541. The Balaban J connectivity index is 1.61. The monoisotopic (exact) mass is 262 g/mol. The molecule has 0 heterocycles. The molecule has 0 amide bonds. The fourth-order valence-electron chi connectivity index (χ4n) is 1.85. The molecule has 17 heavy (non-hydrogen) atoms. The minimum absolute atomic E-state index is 0.616. The van der Waals surface area contributed by atoms with Crippen molar-refractivity contribution in [3.05, 3.63) is 71.8 Å². The van der Waals surface area contributed by atoms with Crippen LogP contribution >= 0.6 is 17.2 Å². The van der Waals surface area contributed by atoms with E-state index in [1.807, 2.05) is 0 Å². The van der Waals surface area contributed by atoms with Crippen LogP contribution < -0.4 is 0 Å². The summed E-state index contributed by atoms with van der Waals surface area (Å²) in [5.74, 6) is 1.49. The van der Waals surface area contributed by atoms with E-state index in [0.29, 0.717) is 17.2 Å². The summed E-state index contributed by atoms with van der Waals surface area (Å²) in [6, 6.07) is 21.8. The minimum Gasteiger partial charge on any atom is -0.0622 e. The highest BCUT2D eigenvalue weighted by atomic mass is 31.1. The lowest BCUT2D eigenvalue weighted by atomic mass is 10.2. The third-order valence-electron chi connectivity index (χ3n) is 2.78. The summed E-state index contributed by atoms with van der Waals surface area (Å²) in [7, 11) is 1.23. The normalized spacial score (nSPS) is 11.8. The molecule has 2 aromatic rings. The van der Waals surface area contributed by atoms with Gasteiger partial charge in [0.1, 0.15) is 0 Å². The van der Waals surface area contributed by atoms with Crippen molar-refractivity contribution in [2.75, 3.05) is 5.90 Å². The van der Waals surface area contributed by atoms with E-state index in [2.05, 4.69) is 60.7 Å². The van der Waals surface area contributed by atoms with Gasteiger partial charge in [-0.25, -0.2) is 0 Å². The summed E-state index contributed by atoms with van der Waals surface area (Å²) in [6.07, 6.45) is 2.64. The predicted octanol–water partition coefficient (Wildman–Crippen LogP) is 4.17. The molecule has 0 fully saturated rings. The second kappa shape index (κ2) is 7.59. The van der Waals surface area contributed by atoms with Crippen LogP contribution in [0.3, 0.4) is 0 Å². The minimum atomic E-state index is 0.616. The highest BCUT2D eigenvalue weighted by molar-refractivity contribution is 7.55. The first-order chi connectivity index (χ1) is 8.45. The molecule has 88 valence electrons. The molecule has 2 rings (SSSR count). The molecule has 0 bridgehead atoms. The Morgan fingerprint density at radius 2 is 1.00 bits per heavy atom. The topological polar surface area (TPSA) is 0 Å². The summed E-state index contributed by atoms with van der Waals surface area (Å²) >= 11 is 0. The molecule has 0 radical (unpaired) electrons. The zero-order valence-electron chi connectivity index (χ0n) is 10.0. The molecule has 0 nitrogen and oxygen atoms in total. The SMILES string of the molecule is c1ccc(C[PH2+]C[PH2+]Cc2ccccc2)cc1. The van der Waals surface area contributed by atoms with Crippen molar-refractivity contribution in [1.29, 1.82) is 0 Å². The number of hydrogen-bond acceptors (Lipinski definition) is 0. The smallest absolute Gasteiger partial charge is 0.0622 e. The van der Waals surface area contributed by atoms with E-state index < -0.39 is 0 Å². The van der Waals surface area contributed by atoms with Crippen LogP contribution in [0.25, 0.3) is 0 Å². The molecule has 0 saturated carbocycles. The van der Waals surface area contributed by atoms with Crippen LogP contribution in [0.1, 0.15) is 11.1 Å². The summed E-state index contributed by atoms with van der Waals surface area (Å²) in [5, 5.41) is 0. The Morgan fingerprint density at radius 1 is 0.588 bits per heavy atom. The van der Waals surface area contributed by atoms with E-state index in [1.54, 1.807) is 0 Å². The van der Waals surface area contributed by atoms with Crippen molar-refractivity contribution in [2.45, 2.75) is 12.3 Å². The van der Waals surface area contributed by atoms with Gasteiger partial charge in [0, 0.05) is 17.2 Å². The van der Waals surface area contributed by atoms with E-state index in [0.717, 1.165) is 0 Å². The van der Waals surface area contributed by atoms with Gasteiger partial charge in [0.2, 0.25) is 0 Å². The summed E-state index contributed by atoms with van der Waals surface area (Å²) < 4.78 is 0. The van der Waals surface area contributed by atoms with Crippen molar-refractivity contribution in [1.82, 2.24) is 0 Å². The standard InChI is InChI=1S/C15H18P2/c1-3-7-14(8-4-1)11-16-13-17-12-15-9-5-2-6-10-15/h1-10,16-17H,11-13H2/p+2. The first kappa shape index (κ1) is 12.7. The maximum Gasteiger partial charge on any atom is 0.151 e. The first-order valence-electron chi connectivity index (χ1n) is 6.16. The maximum absolute atomic E-state index is 2.25. The molecular weight excluding hydrogens is 242 g/mol. The van der Waals surface area contributed by atoms with Gasteiger partial charge in [-0.2, -0.15) is 0 Å². The van der Waals surface area contributed by atoms with Crippen molar-refractivity contribution in [3.8, 4) is 0 Å². The average molecular weight is 262 g/mol. The van der Waals surface area contributed by atoms with Crippen LogP contribution in [-0.4, -0.2) is 5.90 Å². The van der Waals surface area contributed by atoms with Gasteiger partial charge in [0.15, 0.2) is 5.90 Å². The van der Waals surface area contributed by atoms with Gasteiger partial charge in [-0.05, 0) is 11.1 Å². The zero-order chi connectivity index (χ0) is 11.8. The van der Waals surface area contributed by atoms with Crippen LogP contribution in [0.4, 0.5) is 0 Å². The van der Waals surface area contributed by atoms with Crippen LogP contribution in [0.2, 0.25) is 0 Å². The van der Waals surface area contributed by atoms with Crippen molar-refractivity contribution in [3.63, 3.8) is 0 Å². The lowest BCUT2D eigenvalue weighted by Crippen LogP contribution is -1.79. The third kappa shape index (κ3) is 4.99. The molecule has 2 aromatic carbocycles. The average Bonchev–Trinajstić information content (AvgIpc) is 2.41. The second-order valence-electron chi connectivity index (χ2n) is 4.19. The molecular formula is C15H20P2+2. The Labute approximate surface area is 107 Å². The Kier molecular flexibility index (Phi) is 5.69. The van der Waals surface area contributed by atoms with Gasteiger partial charge in [0.05, 0.1) is 12.3 Å². The fourth-order valence-corrected chi connectivity index (χ4v) is 5.33. The largest absolute Gasteiger partial charge is 0.151 e. The highest BCUT2D eigenvalue weighted by Crippen LogP contribution is 2.30. The molecule has 0 aliphatic heterocycles. The van der Waals surface area contributed by atoms with E-state index in [9.17, 15) is 0 Å². The van der Waals surface area contributed by atoms with Gasteiger partial charge >= 0.3 is 0 Å². The van der Waals surface area contributed by atoms with Crippen molar-refractivity contribution < 1.29 is 0 Å². The van der Waals surface area contributed by atoms with Crippen molar-refractivity contribution >= 4 is 17.2 Å². The van der Waals surface area contributed by atoms with E-state index in [1.165, 1.54) is 29.4 Å². The maximum atomic E-state index is 2.25. The number of benzene rings is 2.